The van der Waals surface area contributed by atoms with Crippen molar-refractivity contribution in [3.63, 3.8) is 0 Å². The molecule has 0 radical (unpaired) electrons. The Morgan fingerprint density at radius 2 is 2.03 bits per heavy atom. The monoisotopic (exact) mass is 434 g/mol. The van der Waals surface area contributed by atoms with Crippen LogP contribution in [-0.2, 0) is 28.9 Å². The summed E-state index contributed by atoms with van der Waals surface area (Å²) < 4.78 is 7.83. The molecule has 2 atom stereocenters. The number of hydrogen-bond donors (Lipinski definition) is 2. The van der Waals surface area contributed by atoms with Crippen molar-refractivity contribution in [2.45, 2.75) is 78.0 Å². The summed E-state index contributed by atoms with van der Waals surface area (Å²) in [4.78, 5) is 12.8. The van der Waals surface area contributed by atoms with Gasteiger partial charge in [-0.2, -0.15) is 5.26 Å². The molecular formula is C26H34N4O2. The van der Waals surface area contributed by atoms with Crippen LogP contribution in [0.2, 0.25) is 0 Å². The molecule has 6 nitrogen and oxygen atoms in total. The summed E-state index contributed by atoms with van der Waals surface area (Å²) in [5, 5.41) is 16.1. The number of rotatable bonds is 7. The van der Waals surface area contributed by atoms with E-state index in [1.807, 2.05) is 18.4 Å². The first-order chi connectivity index (χ1) is 15.5. The maximum absolute atomic E-state index is 12.8. The molecule has 1 fully saturated rings. The van der Waals surface area contributed by atoms with E-state index in [4.69, 9.17) is 4.74 Å². The third kappa shape index (κ3) is 4.74. The van der Waals surface area contributed by atoms with E-state index >= 15 is 0 Å². The SMILES string of the molecule is Cc1c(C#N)c(NC(=O)CN[C@H](C)c2ccc3c(c2)CCCC3)n(C[C@@H]2CCCO2)c1C. The standard InChI is InChI=1S/C26H34N4O2/c1-17-19(3)30(16-23-9-6-12-32-23)26(24(17)14-27)29-25(31)15-28-18(2)21-11-10-20-7-4-5-8-22(20)13-21/h10-11,13,18,23,28H,4-9,12,15-16H2,1-3H3,(H,29,31)/t18-,23+/m1/s1. The molecular weight excluding hydrogens is 400 g/mol. The number of aryl methyl sites for hydroxylation is 2. The largest absolute Gasteiger partial charge is 0.376 e. The van der Waals surface area contributed by atoms with Gasteiger partial charge in [0.2, 0.25) is 5.91 Å². The van der Waals surface area contributed by atoms with Crippen molar-refractivity contribution in [2.75, 3.05) is 18.5 Å². The Hall–Kier alpha value is -2.62. The molecule has 1 aromatic carbocycles. The number of carbonyl (C=O) groups is 1. The van der Waals surface area contributed by atoms with Crippen LogP contribution in [0, 0.1) is 25.2 Å². The van der Waals surface area contributed by atoms with Gasteiger partial charge in [0.1, 0.15) is 11.9 Å². The van der Waals surface area contributed by atoms with Gasteiger partial charge in [0.15, 0.2) is 0 Å². The van der Waals surface area contributed by atoms with Gasteiger partial charge in [0.25, 0.3) is 0 Å². The Kier molecular flexibility index (Phi) is 6.98. The molecule has 6 heteroatoms. The Labute approximate surface area is 191 Å². The highest BCUT2D eigenvalue weighted by Gasteiger charge is 2.24. The molecule has 2 aliphatic rings. The summed E-state index contributed by atoms with van der Waals surface area (Å²) in [6.07, 6.45) is 7.04. The van der Waals surface area contributed by atoms with Crippen LogP contribution in [-0.4, -0.2) is 29.7 Å². The predicted octanol–water partition coefficient (Wildman–Crippen LogP) is 4.32. The van der Waals surface area contributed by atoms with Crippen LogP contribution in [0.4, 0.5) is 5.82 Å². The van der Waals surface area contributed by atoms with E-state index < -0.39 is 0 Å². The maximum atomic E-state index is 12.8. The number of aromatic nitrogens is 1. The third-order valence-corrected chi connectivity index (χ3v) is 7.05. The lowest BCUT2D eigenvalue weighted by Crippen LogP contribution is -2.31. The zero-order chi connectivity index (χ0) is 22.7. The summed E-state index contributed by atoms with van der Waals surface area (Å²) in [6, 6.07) is 9.06. The number of fused-ring (bicyclic) bond motifs is 1. The van der Waals surface area contributed by atoms with Gasteiger partial charge in [0.05, 0.1) is 24.8 Å². The molecule has 2 N–H and O–H groups in total. The fourth-order valence-electron chi connectivity index (χ4n) is 4.91. The summed E-state index contributed by atoms with van der Waals surface area (Å²) in [5.74, 6) is 0.448. The second-order valence-electron chi connectivity index (χ2n) is 9.18. The van der Waals surface area contributed by atoms with E-state index in [-0.39, 0.29) is 24.6 Å². The summed E-state index contributed by atoms with van der Waals surface area (Å²) in [6.45, 7) is 7.65. The van der Waals surface area contributed by atoms with Gasteiger partial charge in [-0.15, -0.1) is 0 Å². The van der Waals surface area contributed by atoms with Crippen LogP contribution in [0.15, 0.2) is 18.2 Å². The average Bonchev–Trinajstić information content (AvgIpc) is 3.40. The molecule has 0 bridgehead atoms. The number of hydrogen-bond acceptors (Lipinski definition) is 4. The van der Waals surface area contributed by atoms with Crippen molar-refractivity contribution < 1.29 is 9.53 Å². The number of anilines is 1. The van der Waals surface area contributed by atoms with Gasteiger partial charge in [-0.3, -0.25) is 4.79 Å². The zero-order valence-electron chi connectivity index (χ0n) is 19.5. The topological polar surface area (TPSA) is 79.1 Å². The molecule has 4 rings (SSSR count). The first-order valence-corrected chi connectivity index (χ1v) is 11.8. The molecule has 170 valence electrons. The zero-order valence-corrected chi connectivity index (χ0v) is 19.5. The predicted molar refractivity (Wildman–Crippen MR) is 126 cm³/mol. The number of nitrogens with zero attached hydrogens (tertiary/aromatic N) is 2. The number of ether oxygens (including phenoxy) is 1. The maximum Gasteiger partial charge on any atom is 0.239 e. The number of carbonyl (C=O) groups excluding carboxylic acids is 1. The van der Waals surface area contributed by atoms with Crippen LogP contribution >= 0.6 is 0 Å². The van der Waals surface area contributed by atoms with Crippen LogP contribution in [0.5, 0.6) is 0 Å². The highest BCUT2D eigenvalue weighted by molar-refractivity contribution is 5.93. The molecule has 1 amide bonds. The molecule has 1 aliphatic carbocycles. The van der Waals surface area contributed by atoms with Crippen molar-refractivity contribution in [2.24, 2.45) is 0 Å². The quantitative estimate of drug-likeness (QED) is 0.680. The fraction of sp³-hybridized carbons (Fsp3) is 0.538. The first-order valence-electron chi connectivity index (χ1n) is 11.8. The van der Waals surface area contributed by atoms with Crippen LogP contribution < -0.4 is 10.6 Å². The minimum Gasteiger partial charge on any atom is -0.376 e. The Balaban J connectivity index is 1.42. The van der Waals surface area contributed by atoms with Crippen molar-refractivity contribution in [3.8, 4) is 6.07 Å². The molecule has 1 saturated heterocycles. The average molecular weight is 435 g/mol. The Bertz CT molecular complexity index is 1030. The lowest BCUT2D eigenvalue weighted by molar-refractivity contribution is -0.115. The Morgan fingerprint density at radius 3 is 2.75 bits per heavy atom. The highest BCUT2D eigenvalue weighted by atomic mass is 16.5. The van der Waals surface area contributed by atoms with Gasteiger partial charge in [0, 0.05) is 18.3 Å². The molecule has 0 unspecified atom stereocenters. The molecule has 2 aromatic rings. The number of benzene rings is 1. The first kappa shape index (κ1) is 22.6. The summed E-state index contributed by atoms with van der Waals surface area (Å²) >= 11 is 0. The van der Waals surface area contributed by atoms with Crippen molar-refractivity contribution in [3.05, 3.63) is 51.7 Å². The van der Waals surface area contributed by atoms with Crippen LogP contribution in [0.25, 0.3) is 0 Å². The number of nitriles is 1. The molecule has 0 spiro atoms. The highest BCUT2D eigenvalue weighted by Crippen LogP contribution is 2.29. The second-order valence-corrected chi connectivity index (χ2v) is 9.18. The minimum absolute atomic E-state index is 0.0746. The fourth-order valence-corrected chi connectivity index (χ4v) is 4.91. The van der Waals surface area contributed by atoms with Gasteiger partial charge < -0.3 is 19.9 Å². The molecule has 2 heterocycles. The minimum atomic E-state index is -0.141. The number of amides is 1. The van der Waals surface area contributed by atoms with Crippen LogP contribution in [0.1, 0.15) is 72.2 Å². The van der Waals surface area contributed by atoms with E-state index in [0.29, 0.717) is 17.9 Å². The van der Waals surface area contributed by atoms with Gasteiger partial charge in [-0.05, 0) is 81.5 Å². The second kappa shape index (κ2) is 9.89. The Morgan fingerprint density at radius 1 is 1.25 bits per heavy atom. The lowest BCUT2D eigenvalue weighted by Gasteiger charge is -2.20. The van der Waals surface area contributed by atoms with Crippen LogP contribution in [0.3, 0.4) is 0 Å². The van der Waals surface area contributed by atoms with E-state index in [1.165, 1.54) is 36.0 Å². The third-order valence-electron chi connectivity index (χ3n) is 7.05. The smallest absolute Gasteiger partial charge is 0.239 e. The molecule has 1 aromatic heterocycles. The van der Waals surface area contributed by atoms with Gasteiger partial charge in [-0.1, -0.05) is 18.2 Å². The van der Waals surface area contributed by atoms with E-state index in [1.54, 1.807) is 0 Å². The lowest BCUT2D eigenvalue weighted by atomic mass is 9.89. The molecule has 32 heavy (non-hydrogen) atoms. The van der Waals surface area contributed by atoms with Gasteiger partial charge >= 0.3 is 0 Å². The van der Waals surface area contributed by atoms with E-state index in [9.17, 15) is 10.1 Å². The number of nitrogens with one attached hydrogen (secondary N) is 2. The normalized spacial score (nSPS) is 18.8. The molecule has 0 saturated carbocycles. The van der Waals surface area contributed by atoms with Crippen molar-refractivity contribution >= 4 is 11.7 Å². The van der Waals surface area contributed by atoms with E-state index in [2.05, 4.69) is 41.8 Å². The summed E-state index contributed by atoms with van der Waals surface area (Å²) in [5.41, 5.74) is 6.58. The molecule has 1 aliphatic heterocycles. The van der Waals surface area contributed by atoms with Gasteiger partial charge in [-0.25, -0.2) is 0 Å². The van der Waals surface area contributed by atoms with Crippen molar-refractivity contribution in [1.29, 1.82) is 5.26 Å². The van der Waals surface area contributed by atoms with Crippen molar-refractivity contribution in [1.82, 2.24) is 9.88 Å². The summed E-state index contributed by atoms with van der Waals surface area (Å²) in [7, 11) is 0. The van der Waals surface area contributed by atoms with E-state index in [0.717, 1.165) is 37.1 Å².